The van der Waals surface area contributed by atoms with Crippen molar-refractivity contribution in [2.75, 3.05) is 0 Å². The van der Waals surface area contributed by atoms with Gasteiger partial charge in [0.15, 0.2) is 0 Å². The molecule has 0 fully saturated rings. The lowest BCUT2D eigenvalue weighted by Crippen LogP contribution is -2.74. The first-order chi connectivity index (χ1) is 9.43. The molecule has 0 saturated heterocycles. The van der Waals surface area contributed by atoms with Crippen LogP contribution in [0.2, 0.25) is 0 Å². The molecule has 2 N–H and O–H groups in total. The Hall–Kier alpha value is -2.73. The van der Waals surface area contributed by atoms with Gasteiger partial charge in [0.2, 0.25) is 6.34 Å². The van der Waals surface area contributed by atoms with E-state index in [1.54, 1.807) is 0 Å². The first-order valence-electron chi connectivity index (χ1n) is 5.80. The number of para-hydroxylation sites is 4. The maximum Gasteiger partial charge on any atom is 0.236 e. The van der Waals surface area contributed by atoms with Crippen LogP contribution in [0, 0.1) is 0 Å². The molecule has 1 aromatic heterocycles. The first-order valence-corrected chi connectivity index (χ1v) is 5.80. The van der Waals surface area contributed by atoms with Crippen LogP contribution in [0.5, 0.6) is 0 Å². The molecule has 0 spiro atoms. The van der Waals surface area contributed by atoms with Crippen molar-refractivity contribution in [2.45, 2.75) is 0 Å². The Bertz CT molecular complexity index is 650. The molecule has 0 aliphatic carbocycles. The minimum Gasteiger partial charge on any atom is -0.245 e. The van der Waals surface area contributed by atoms with Gasteiger partial charge in [0, 0.05) is 5.22 Å². The smallest absolute Gasteiger partial charge is 0.236 e. The number of rotatable bonds is 0. The lowest BCUT2D eigenvalue weighted by Gasteiger charge is -1.98. The minimum absolute atomic E-state index is 0.950. The Morgan fingerprint density at radius 2 is 1.16 bits per heavy atom. The summed E-state index contributed by atoms with van der Waals surface area (Å²) in [6.07, 6.45) is 1.53. The molecule has 2 heterocycles. The molecule has 2 aromatic carbocycles. The fourth-order valence-electron chi connectivity index (χ4n) is 1.72. The second kappa shape index (κ2) is 5.28. The van der Waals surface area contributed by atoms with Gasteiger partial charge in [-0.2, -0.15) is 5.43 Å². The zero-order chi connectivity index (χ0) is 12.9. The fourth-order valence-corrected chi connectivity index (χ4v) is 1.72. The third-order valence-corrected chi connectivity index (χ3v) is 2.55. The highest BCUT2D eigenvalue weighted by Crippen LogP contribution is 2.14. The molecule has 3 aromatic rings. The molecule has 0 saturated carbocycles. The zero-order valence-corrected chi connectivity index (χ0v) is 10.0. The van der Waals surface area contributed by atoms with Crippen LogP contribution in [0.15, 0.2) is 64.1 Å². The number of nitrogens with zero attached hydrogens (tertiary/aromatic N) is 5. The van der Waals surface area contributed by atoms with Crippen LogP contribution < -0.4 is 5.43 Å². The summed E-state index contributed by atoms with van der Waals surface area (Å²) in [4.78, 5) is 9.03. The van der Waals surface area contributed by atoms with E-state index in [2.05, 4.69) is 25.5 Å². The predicted octanol–water partition coefficient (Wildman–Crippen LogP) is 1.66. The summed E-state index contributed by atoms with van der Waals surface area (Å²) in [5, 5.41) is 9.94. The molecule has 0 unspecified atom stereocenters. The molecular formula is C13H11N6+. The number of aromatic nitrogens is 2. The van der Waals surface area contributed by atoms with Gasteiger partial charge in [-0.3, -0.25) is 0 Å². The number of fused-ring (bicyclic) bond motifs is 2. The topological polar surface area (TPSA) is 79.5 Å². The van der Waals surface area contributed by atoms with E-state index in [9.17, 15) is 0 Å². The first kappa shape index (κ1) is 11.4. The van der Waals surface area contributed by atoms with Crippen LogP contribution >= 0.6 is 0 Å². The van der Waals surface area contributed by atoms with Crippen LogP contribution in [0.4, 0.5) is 0 Å². The summed E-state index contributed by atoms with van der Waals surface area (Å²) in [5.41, 5.74) is 5.33. The van der Waals surface area contributed by atoms with Crippen LogP contribution in [0.1, 0.15) is 0 Å². The van der Waals surface area contributed by atoms with E-state index in [0.29, 0.717) is 0 Å². The second-order valence-electron chi connectivity index (χ2n) is 3.82. The van der Waals surface area contributed by atoms with Crippen LogP contribution in [0.25, 0.3) is 22.1 Å². The van der Waals surface area contributed by atoms with E-state index in [1.807, 2.05) is 48.5 Å². The normalized spacial score (nSPS) is 12.6. The second-order valence-corrected chi connectivity index (χ2v) is 3.82. The van der Waals surface area contributed by atoms with E-state index in [-0.39, 0.29) is 0 Å². The van der Waals surface area contributed by atoms with Gasteiger partial charge in [0.1, 0.15) is 0 Å². The summed E-state index contributed by atoms with van der Waals surface area (Å²) >= 11 is 0. The largest absolute Gasteiger partial charge is 0.245 e. The van der Waals surface area contributed by atoms with Gasteiger partial charge in [0.05, 0.1) is 27.3 Å². The van der Waals surface area contributed by atoms with E-state index in [4.69, 9.17) is 0 Å². The number of quaternary nitrogens is 1. The summed E-state index contributed by atoms with van der Waals surface area (Å²) in [6.45, 7) is 0. The SMILES string of the molecule is C1=NN=N[NH2+]1.c1ccc2nc3ccccc3nc2c1. The highest BCUT2D eigenvalue weighted by Gasteiger charge is 1.98. The summed E-state index contributed by atoms with van der Waals surface area (Å²) in [6, 6.07) is 15.8. The molecule has 0 amide bonds. The monoisotopic (exact) mass is 251 g/mol. The van der Waals surface area contributed by atoms with Crippen molar-refractivity contribution < 1.29 is 5.43 Å². The number of benzene rings is 2. The Morgan fingerprint density at radius 1 is 0.684 bits per heavy atom. The lowest BCUT2D eigenvalue weighted by molar-refractivity contribution is -0.538. The Kier molecular flexibility index (Phi) is 3.16. The molecule has 0 radical (unpaired) electrons. The van der Waals surface area contributed by atoms with Gasteiger partial charge in [-0.05, 0) is 24.3 Å². The van der Waals surface area contributed by atoms with Crippen molar-refractivity contribution in [3.8, 4) is 0 Å². The molecule has 6 nitrogen and oxygen atoms in total. The lowest BCUT2D eigenvalue weighted by atomic mass is 10.2. The quantitative estimate of drug-likeness (QED) is 0.487. The standard InChI is InChI=1S/C12H8N2.CH2N4/c1-2-6-10-9(5-1)13-11-7-3-4-8-12(11)14-10;1-2-4-5-3-1/h1-8H;1H,(H,2,3,4,5)/p+1. The van der Waals surface area contributed by atoms with E-state index in [1.165, 1.54) is 11.8 Å². The fraction of sp³-hybridized carbons (Fsp3) is 0. The minimum atomic E-state index is 0.950. The Morgan fingerprint density at radius 3 is 1.42 bits per heavy atom. The van der Waals surface area contributed by atoms with E-state index in [0.717, 1.165) is 22.1 Å². The molecule has 0 atom stereocenters. The summed E-state index contributed by atoms with van der Waals surface area (Å²) in [5.74, 6) is 0. The average molecular weight is 251 g/mol. The van der Waals surface area contributed by atoms with Gasteiger partial charge >= 0.3 is 0 Å². The molecule has 19 heavy (non-hydrogen) atoms. The highest BCUT2D eigenvalue weighted by atomic mass is 15.6. The van der Waals surface area contributed by atoms with Crippen molar-refractivity contribution in [3.05, 3.63) is 48.5 Å². The molecule has 0 bridgehead atoms. The van der Waals surface area contributed by atoms with Crippen LogP contribution in [-0.2, 0) is 0 Å². The third kappa shape index (κ3) is 2.58. The van der Waals surface area contributed by atoms with Crippen LogP contribution in [-0.4, -0.2) is 16.3 Å². The molecule has 1 aliphatic heterocycles. The Labute approximate surface area is 108 Å². The van der Waals surface area contributed by atoms with Crippen molar-refractivity contribution >= 4 is 28.4 Å². The van der Waals surface area contributed by atoms with Gasteiger partial charge in [0.25, 0.3) is 0 Å². The maximum atomic E-state index is 4.52. The van der Waals surface area contributed by atoms with Gasteiger partial charge in [-0.15, -0.1) is 0 Å². The predicted molar refractivity (Wildman–Crippen MR) is 72.3 cm³/mol. The van der Waals surface area contributed by atoms with E-state index >= 15 is 0 Å². The van der Waals surface area contributed by atoms with Gasteiger partial charge in [-0.25, -0.2) is 9.97 Å². The molecule has 4 rings (SSSR count). The zero-order valence-electron chi connectivity index (χ0n) is 10.0. The summed E-state index contributed by atoms with van der Waals surface area (Å²) in [7, 11) is 0. The van der Waals surface area contributed by atoms with Crippen molar-refractivity contribution in [2.24, 2.45) is 15.5 Å². The maximum absolute atomic E-state index is 4.52. The van der Waals surface area contributed by atoms with Gasteiger partial charge in [-0.1, -0.05) is 29.4 Å². The average Bonchev–Trinajstić information content (AvgIpc) is 3.04. The van der Waals surface area contributed by atoms with Crippen molar-refractivity contribution in [3.63, 3.8) is 0 Å². The number of hydrogen-bond donors (Lipinski definition) is 1. The molecule has 6 heteroatoms. The van der Waals surface area contributed by atoms with Crippen molar-refractivity contribution in [1.29, 1.82) is 0 Å². The van der Waals surface area contributed by atoms with Crippen molar-refractivity contribution in [1.82, 2.24) is 9.97 Å². The highest BCUT2D eigenvalue weighted by molar-refractivity contribution is 5.85. The van der Waals surface area contributed by atoms with E-state index < -0.39 is 0 Å². The number of hydrogen-bond acceptors (Lipinski definition) is 5. The summed E-state index contributed by atoms with van der Waals surface area (Å²) < 4.78 is 0. The van der Waals surface area contributed by atoms with Gasteiger partial charge < -0.3 is 0 Å². The number of nitrogens with two attached hydrogens (primary N) is 1. The molecule has 1 aliphatic rings. The molecule has 92 valence electrons. The Balaban J connectivity index is 0.000000187. The third-order valence-electron chi connectivity index (χ3n) is 2.55. The molecular weight excluding hydrogens is 240 g/mol. The van der Waals surface area contributed by atoms with Crippen LogP contribution in [0.3, 0.4) is 0 Å².